The number of aliphatic hydroxyl groups is 1. The molecule has 1 aromatic carbocycles. The Morgan fingerprint density at radius 2 is 2.17 bits per heavy atom. The first kappa shape index (κ1) is 13.1. The highest BCUT2D eigenvalue weighted by atomic mass is 35.5. The van der Waals surface area contributed by atoms with Gasteiger partial charge in [0.05, 0.1) is 25.8 Å². The van der Waals surface area contributed by atoms with E-state index in [0.717, 1.165) is 10.1 Å². The fraction of sp³-hybridized carbons (Fsp3) is 0.250. The highest BCUT2D eigenvalue weighted by Gasteiger charge is 2.19. The van der Waals surface area contributed by atoms with Crippen molar-refractivity contribution in [2.24, 2.45) is 0 Å². The summed E-state index contributed by atoms with van der Waals surface area (Å²) < 4.78 is 10.6. The third-order valence-corrected chi connectivity index (χ3v) is 4.21. The molecule has 0 aliphatic carbocycles. The maximum Gasteiger partial charge on any atom is 0.349 e. The van der Waals surface area contributed by atoms with Gasteiger partial charge in [-0.2, -0.15) is 0 Å². The fourth-order valence-corrected chi connectivity index (χ4v) is 3.14. The van der Waals surface area contributed by atoms with E-state index < -0.39 is 5.97 Å². The lowest BCUT2D eigenvalue weighted by atomic mass is 10.1. The SMILES string of the molecule is COC(=O)c1sc2cc(CO)c(OC)cc2c1Cl. The predicted molar refractivity (Wildman–Crippen MR) is 70.6 cm³/mol. The van der Waals surface area contributed by atoms with Gasteiger partial charge in [-0.15, -0.1) is 11.3 Å². The Labute approximate surface area is 113 Å². The van der Waals surface area contributed by atoms with Crippen LogP contribution in [0.1, 0.15) is 15.2 Å². The van der Waals surface area contributed by atoms with E-state index >= 15 is 0 Å². The van der Waals surface area contributed by atoms with Gasteiger partial charge in [0.15, 0.2) is 0 Å². The smallest absolute Gasteiger partial charge is 0.349 e. The molecule has 18 heavy (non-hydrogen) atoms. The second-order valence-corrected chi connectivity index (χ2v) is 4.99. The summed E-state index contributed by atoms with van der Waals surface area (Å²) in [5.41, 5.74) is 0.652. The van der Waals surface area contributed by atoms with Gasteiger partial charge in [-0.3, -0.25) is 0 Å². The van der Waals surface area contributed by atoms with Crippen molar-refractivity contribution in [3.8, 4) is 5.75 Å². The van der Waals surface area contributed by atoms with Gasteiger partial charge in [0.25, 0.3) is 0 Å². The monoisotopic (exact) mass is 286 g/mol. The topological polar surface area (TPSA) is 55.8 Å². The molecule has 96 valence electrons. The molecule has 0 fully saturated rings. The van der Waals surface area contributed by atoms with Gasteiger partial charge in [-0.1, -0.05) is 11.6 Å². The number of hydrogen-bond donors (Lipinski definition) is 1. The van der Waals surface area contributed by atoms with Crippen molar-refractivity contribution in [2.45, 2.75) is 6.61 Å². The van der Waals surface area contributed by atoms with Gasteiger partial charge in [0.1, 0.15) is 10.6 Å². The summed E-state index contributed by atoms with van der Waals surface area (Å²) in [6.45, 7) is -0.137. The van der Waals surface area contributed by atoms with Crippen LogP contribution in [0.3, 0.4) is 0 Å². The molecule has 0 saturated heterocycles. The van der Waals surface area contributed by atoms with E-state index in [2.05, 4.69) is 4.74 Å². The minimum absolute atomic E-state index is 0.137. The third-order valence-electron chi connectivity index (χ3n) is 2.57. The lowest BCUT2D eigenvalue weighted by molar-refractivity contribution is 0.0606. The molecule has 2 aromatic rings. The maximum absolute atomic E-state index is 11.5. The second-order valence-electron chi connectivity index (χ2n) is 3.56. The molecule has 0 bridgehead atoms. The first-order valence-corrected chi connectivity index (χ1v) is 6.30. The number of esters is 1. The number of fused-ring (bicyclic) bond motifs is 1. The van der Waals surface area contributed by atoms with Crippen LogP contribution in [-0.4, -0.2) is 25.3 Å². The number of hydrogen-bond acceptors (Lipinski definition) is 5. The van der Waals surface area contributed by atoms with Crippen molar-refractivity contribution < 1.29 is 19.4 Å². The van der Waals surface area contributed by atoms with E-state index in [1.807, 2.05) is 0 Å². The van der Waals surface area contributed by atoms with Crippen molar-refractivity contribution in [3.05, 3.63) is 27.6 Å². The molecule has 1 heterocycles. The Morgan fingerprint density at radius 1 is 1.44 bits per heavy atom. The van der Waals surface area contributed by atoms with Crippen LogP contribution in [0.2, 0.25) is 5.02 Å². The van der Waals surface area contributed by atoms with Gasteiger partial charge in [0, 0.05) is 15.6 Å². The molecular weight excluding hydrogens is 276 g/mol. The van der Waals surface area contributed by atoms with E-state index in [-0.39, 0.29) is 6.61 Å². The molecule has 0 unspecified atom stereocenters. The van der Waals surface area contributed by atoms with Crippen LogP contribution in [0, 0.1) is 0 Å². The molecule has 0 aliphatic rings. The van der Waals surface area contributed by atoms with Crippen LogP contribution in [0.25, 0.3) is 10.1 Å². The van der Waals surface area contributed by atoms with Crippen molar-refractivity contribution in [2.75, 3.05) is 14.2 Å². The molecule has 0 aliphatic heterocycles. The number of benzene rings is 1. The molecule has 2 rings (SSSR count). The molecule has 1 N–H and O–H groups in total. The average Bonchev–Trinajstić information content (AvgIpc) is 2.73. The Kier molecular flexibility index (Phi) is 3.75. The van der Waals surface area contributed by atoms with E-state index in [1.165, 1.54) is 25.6 Å². The van der Waals surface area contributed by atoms with Crippen LogP contribution in [0.5, 0.6) is 5.75 Å². The van der Waals surface area contributed by atoms with Gasteiger partial charge in [0.2, 0.25) is 0 Å². The minimum atomic E-state index is -0.467. The summed E-state index contributed by atoms with van der Waals surface area (Å²) in [5.74, 6) is 0.0758. The molecule has 0 spiro atoms. The summed E-state index contributed by atoms with van der Waals surface area (Å²) in [7, 11) is 2.82. The predicted octanol–water partition coefficient (Wildman–Crippen LogP) is 2.84. The molecule has 1 aromatic heterocycles. The van der Waals surface area contributed by atoms with Crippen molar-refractivity contribution in [3.63, 3.8) is 0 Å². The quantitative estimate of drug-likeness (QED) is 0.882. The fourth-order valence-electron chi connectivity index (χ4n) is 1.67. The van der Waals surface area contributed by atoms with Crippen LogP contribution in [0.15, 0.2) is 12.1 Å². The number of aliphatic hydroxyl groups excluding tert-OH is 1. The van der Waals surface area contributed by atoms with Crippen molar-refractivity contribution >= 4 is 39.0 Å². The first-order chi connectivity index (χ1) is 8.62. The number of carbonyl (C=O) groups is 1. The largest absolute Gasteiger partial charge is 0.496 e. The van der Waals surface area contributed by atoms with Gasteiger partial charge in [-0.25, -0.2) is 4.79 Å². The van der Waals surface area contributed by atoms with Crippen LogP contribution in [0.4, 0.5) is 0 Å². The standard InChI is InChI=1S/C12H11ClO4S/c1-16-8-4-7-9(3-6(8)5-14)18-11(10(7)13)12(15)17-2/h3-4,14H,5H2,1-2H3. The zero-order chi connectivity index (χ0) is 13.3. The highest BCUT2D eigenvalue weighted by Crippen LogP contribution is 2.39. The number of halogens is 1. The number of carbonyl (C=O) groups excluding carboxylic acids is 1. The summed E-state index contributed by atoms with van der Waals surface area (Å²) in [6.07, 6.45) is 0. The molecule has 0 radical (unpaired) electrons. The number of methoxy groups -OCH3 is 2. The van der Waals surface area contributed by atoms with Crippen molar-refractivity contribution in [1.29, 1.82) is 0 Å². The molecule has 0 atom stereocenters. The lowest BCUT2D eigenvalue weighted by Crippen LogP contribution is -1.97. The Hall–Kier alpha value is -1.30. The number of thiophene rings is 1. The molecule has 6 heteroatoms. The minimum Gasteiger partial charge on any atom is -0.496 e. The molecule has 0 amide bonds. The summed E-state index contributed by atoms with van der Waals surface area (Å²) in [5, 5.41) is 10.3. The highest BCUT2D eigenvalue weighted by molar-refractivity contribution is 7.21. The normalized spacial score (nSPS) is 10.7. The van der Waals surface area contributed by atoms with E-state index in [0.29, 0.717) is 21.2 Å². The number of rotatable bonds is 3. The first-order valence-electron chi connectivity index (χ1n) is 5.10. The molecule has 4 nitrogen and oxygen atoms in total. The zero-order valence-corrected chi connectivity index (χ0v) is 11.4. The molecular formula is C12H11ClO4S. The van der Waals surface area contributed by atoms with Crippen LogP contribution >= 0.6 is 22.9 Å². The Bertz CT molecular complexity index is 606. The second kappa shape index (κ2) is 5.14. The van der Waals surface area contributed by atoms with Crippen LogP contribution < -0.4 is 4.74 Å². The van der Waals surface area contributed by atoms with E-state index in [9.17, 15) is 9.90 Å². The van der Waals surface area contributed by atoms with E-state index in [1.54, 1.807) is 12.1 Å². The molecule has 0 saturated carbocycles. The van der Waals surface area contributed by atoms with E-state index in [4.69, 9.17) is 16.3 Å². The zero-order valence-electron chi connectivity index (χ0n) is 9.82. The van der Waals surface area contributed by atoms with Crippen LogP contribution in [-0.2, 0) is 11.3 Å². The van der Waals surface area contributed by atoms with Gasteiger partial charge < -0.3 is 14.6 Å². The van der Waals surface area contributed by atoms with Crippen molar-refractivity contribution in [1.82, 2.24) is 0 Å². The lowest BCUT2D eigenvalue weighted by Gasteiger charge is -2.05. The van der Waals surface area contributed by atoms with Gasteiger partial charge in [-0.05, 0) is 12.1 Å². The Morgan fingerprint density at radius 3 is 2.72 bits per heavy atom. The maximum atomic E-state index is 11.5. The third kappa shape index (κ3) is 2.05. The summed E-state index contributed by atoms with van der Waals surface area (Å²) >= 11 is 7.38. The Balaban J connectivity index is 2.69. The summed E-state index contributed by atoms with van der Waals surface area (Å²) in [4.78, 5) is 11.9. The van der Waals surface area contributed by atoms with Gasteiger partial charge >= 0.3 is 5.97 Å². The summed E-state index contributed by atoms with van der Waals surface area (Å²) in [6, 6.07) is 3.48. The average molecular weight is 287 g/mol. The number of ether oxygens (including phenoxy) is 2.